The van der Waals surface area contributed by atoms with Crippen molar-refractivity contribution in [3.63, 3.8) is 0 Å². The van der Waals surface area contributed by atoms with Crippen LogP contribution in [-0.4, -0.2) is 23.5 Å². The van der Waals surface area contributed by atoms with Gasteiger partial charge in [0.25, 0.3) is 0 Å². The van der Waals surface area contributed by atoms with Crippen LogP contribution in [0.1, 0.15) is 18.9 Å². The number of halogens is 1. The first-order valence-corrected chi connectivity index (χ1v) is 5.70. The Balaban J connectivity index is 2.39. The van der Waals surface area contributed by atoms with Gasteiger partial charge in [0.05, 0.1) is 0 Å². The van der Waals surface area contributed by atoms with Crippen molar-refractivity contribution in [2.24, 2.45) is 5.92 Å². The molecule has 1 rings (SSSR count). The molecule has 0 spiro atoms. The lowest BCUT2D eigenvalue weighted by atomic mass is 9.98. The van der Waals surface area contributed by atoms with E-state index in [1.54, 1.807) is 12.1 Å². The van der Waals surface area contributed by atoms with Crippen LogP contribution in [0.5, 0.6) is 0 Å². The summed E-state index contributed by atoms with van der Waals surface area (Å²) in [5.41, 5.74) is 0.827. The number of carboxylic acid groups (broad SMARTS) is 1. The number of hydrogen-bond acceptors (Lipinski definition) is 2. The highest BCUT2D eigenvalue weighted by molar-refractivity contribution is 5.81. The largest absolute Gasteiger partial charge is 0.480 e. The molecule has 1 aromatic carbocycles. The van der Waals surface area contributed by atoms with Gasteiger partial charge in [0.15, 0.2) is 0 Å². The molecule has 0 saturated carbocycles. The zero-order chi connectivity index (χ0) is 13.5. The Hall–Kier alpha value is -1.91. The van der Waals surface area contributed by atoms with Gasteiger partial charge in [-0.1, -0.05) is 19.1 Å². The van der Waals surface area contributed by atoms with Gasteiger partial charge in [0, 0.05) is 6.42 Å². The quantitative estimate of drug-likeness (QED) is 0.809. The minimum atomic E-state index is -1.07. The fourth-order valence-corrected chi connectivity index (χ4v) is 1.70. The lowest BCUT2D eigenvalue weighted by Crippen LogP contribution is -2.30. The molecule has 0 bridgehead atoms. The highest BCUT2D eigenvalue weighted by Gasteiger charge is 2.11. The summed E-state index contributed by atoms with van der Waals surface area (Å²) in [6, 6.07) is 6.23. The van der Waals surface area contributed by atoms with E-state index in [2.05, 4.69) is 5.32 Å². The smallest absolute Gasteiger partial charge is 0.322 e. The maximum absolute atomic E-state index is 12.9. The van der Waals surface area contributed by atoms with Crippen LogP contribution in [0.3, 0.4) is 0 Å². The Morgan fingerprint density at radius 2 is 2.17 bits per heavy atom. The predicted octanol–water partition coefficient (Wildman–Crippen LogP) is 1.60. The van der Waals surface area contributed by atoms with Gasteiger partial charge in [-0.3, -0.25) is 9.59 Å². The average Bonchev–Trinajstić information content (AvgIpc) is 2.26. The van der Waals surface area contributed by atoms with Crippen LogP contribution >= 0.6 is 0 Å². The molecule has 0 radical (unpaired) electrons. The van der Waals surface area contributed by atoms with Crippen LogP contribution in [0.15, 0.2) is 24.3 Å². The van der Waals surface area contributed by atoms with Gasteiger partial charge >= 0.3 is 5.97 Å². The van der Waals surface area contributed by atoms with Crippen molar-refractivity contribution < 1.29 is 19.1 Å². The molecule has 0 aromatic heterocycles. The molecule has 0 aliphatic heterocycles. The van der Waals surface area contributed by atoms with Gasteiger partial charge in [-0.25, -0.2) is 4.39 Å². The predicted molar refractivity (Wildman–Crippen MR) is 64.5 cm³/mol. The van der Waals surface area contributed by atoms with E-state index in [1.165, 1.54) is 12.1 Å². The number of aliphatic carboxylic acids is 1. The van der Waals surface area contributed by atoms with Crippen LogP contribution in [0, 0.1) is 11.7 Å². The molecule has 1 atom stereocenters. The van der Waals surface area contributed by atoms with Gasteiger partial charge in [-0.2, -0.15) is 0 Å². The van der Waals surface area contributed by atoms with Crippen molar-refractivity contribution >= 4 is 11.9 Å². The van der Waals surface area contributed by atoms with Crippen molar-refractivity contribution in [3.8, 4) is 0 Å². The average molecular weight is 253 g/mol. The standard InChI is InChI=1S/C13H16FNO3/c1-9(6-12(16)15-8-13(17)18)5-10-3-2-4-11(14)7-10/h2-4,7,9H,5-6,8H2,1H3,(H,15,16)(H,17,18). The molecule has 1 aromatic rings. The van der Waals surface area contributed by atoms with Crippen LogP contribution in [-0.2, 0) is 16.0 Å². The summed E-state index contributed by atoms with van der Waals surface area (Å²) < 4.78 is 12.9. The minimum absolute atomic E-state index is 0.0283. The highest BCUT2D eigenvalue weighted by Crippen LogP contribution is 2.12. The summed E-state index contributed by atoms with van der Waals surface area (Å²) in [5.74, 6) is -1.64. The summed E-state index contributed by atoms with van der Waals surface area (Å²) in [7, 11) is 0. The van der Waals surface area contributed by atoms with Crippen molar-refractivity contribution in [1.29, 1.82) is 0 Å². The molecule has 0 aliphatic carbocycles. The van der Waals surface area contributed by atoms with E-state index in [-0.39, 0.29) is 30.6 Å². The van der Waals surface area contributed by atoms with E-state index in [0.717, 1.165) is 5.56 Å². The lowest BCUT2D eigenvalue weighted by molar-refractivity contribution is -0.138. The normalized spacial score (nSPS) is 11.9. The molecule has 5 heteroatoms. The summed E-state index contributed by atoms with van der Waals surface area (Å²) in [5, 5.41) is 10.7. The number of carbonyl (C=O) groups is 2. The van der Waals surface area contributed by atoms with E-state index in [9.17, 15) is 14.0 Å². The third kappa shape index (κ3) is 5.43. The van der Waals surface area contributed by atoms with Crippen LogP contribution < -0.4 is 5.32 Å². The maximum atomic E-state index is 12.9. The first-order chi connectivity index (χ1) is 8.47. The Labute approximate surface area is 105 Å². The number of carbonyl (C=O) groups excluding carboxylic acids is 1. The topological polar surface area (TPSA) is 66.4 Å². The van der Waals surface area contributed by atoms with E-state index >= 15 is 0 Å². The van der Waals surface area contributed by atoms with Crippen LogP contribution in [0.25, 0.3) is 0 Å². The van der Waals surface area contributed by atoms with Crippen molar-refractivity contribution in [3.05, 3.63) is 35.6 Å². The fraction of sp³-hybridized carbons (Fsp3) is 0.385. The molecule has 1 amide bonds. The van der Waals surface area contributed by atoms with Crippen LogP contribution in [0.2, 0.25) is 0 Å². The monoisotopic (exact) mass is 253 g/mol. The van der Waals surface area contributed by atoms with Gasteiger partial charge in [0.2, 0.25) is 5.91 Å². The van der Waals surface area contributed by atoms with Gasteiger partial charge < -0.3 is 10.4 Å². The van der Waals surface area contributed by atoms with E-state index in [1.807, 2.05) is 6.92 Å². The first kappa shape index (κ1) is 14.2. The van der Waals surface area contributed by atoms with Gasteiger partial charge in [-0.15, -0.1) is 0 Å². The highest BCUT2D eigenvalue weighted by atomic mass is 19.1. The fourth-order valence-electron chi connectivity index (χ4n) is 1.70. The molecule has 1 unspecified atom stereocenters. The maximum Gasteiger partial charge on any atom is 0.322 e. The van der Waals surface area contributed by atoms with Crippen molar-refractivity contribution in [2.75, 3.05) is 6.54 Å². The first-order valence-electron chi connectivity index (χ1n) is 5.70. The van der Waals surface area contributed by atoms with Crippen molar-refractivity contribution in [2.45, 2.75) is 19.8 Å². The summed E-state index contributed by atoms with van der Waals surface area (Å²) >= 11 is 0. The van der Waals surface area contributed by atoms with E-state index < -0.39 is 5.97 Å². The Kier molecular flexibility index (Phi) is 5.30. The summed E-state index contributed by atoms with van der Waals surface area (Å²) in [4.78, 5) is 21.6. The number of nitrogens with one attached hydrogen (secondary N) is 1. The molecule has 0 fully saturated rings. The number of amides is 1. The lowest BCUT2D eigenvalue weighted by Gasteiger charge is -2.11. The second-order valence-corrected chi connectivity index (χ2v) is 4.31. The van der Waals surface area contributed by atoms with Gasteiger partial charge in [-0.05, 0) is 30.0 Å². The third-order valence-corrected chi connectivity index (χ3v) is 2.44. The summed E-state index contributed by atoms with van der Waals surface area (Å²) in [6.45, 7) is 1.50. The van der Waals surface area contributed by atoms with E-state index in [0.29, 0.717) is 6.42 Å². The second kappa shape index (κ2) is 6.74. The molecule has 0 saturated heterocycles. The number of benzene rings is 1. The zero-order valence-corrected chi connectivity index (χ0v) is 10.1. The third-order valence-electron chi connectivity index (χ3n) is 2.44. The zero-order valence-electron chi connectivity index (χ0n) is 10.1. The molecule has 0 aliphatic rings. The molecular weight excluding hydrogens is 237 g/mol. The molecule has 18 heavy (non-hydrogen) atoms. The SMILES string of the molecule is CC(CC(=O)NCC(=O)O)Cc1cccc(F)c1. The Morgan fingerprint density at radius 1 is 1.44 bits per heavy atom. The number of carboxylic acids is 1. The van der Waals surface area contributed by atoms with Crippen LogP contribution in [0.4, 0.5) is 4.39 Å². The molecule has 4 nitrogen and oxygen atoms in total. The minimum Gasteiger partial charge on any atom is -0.480 e. The number of hydrogen-bond donors (Lipinski definition) is 2. The van der Waals surface area contributed by atoms with Crippen molar-refractivity contribution in [1.82, 2.24) is 5.32 Å². The number of rotatable bonds is 6. The molecule has 2 N–H and O–H groups in total. The molecule has 98 valence electrons. The molecule has 0 heterocycles. The Bertz CT molecular complexity index is 434. The van der Waals surface area contributed by atoms with Gasteiger partial charge in [0.1, 0.15) is 12.4 Å². The molecular formula is C13H16FNO3. The second-order valence-electron chi connectivity index (χ2n) is 4.31. The Morgan fingerprint density at radius 3 is 2.78 bits per heavy atom. The van der Waals surface area contributed by atoms with E-state index in [4.69, 9.17) is 5.11 Å². The summed E-state index contributed by atoms with van der Waals surface area (Å²) in [6.07, 6.45) is 0.808.